The van der Waals surface area contributed by atoms with Gasteiger partial charge in [0.15, 0.2) is 0 Å². The van der Waals surface area contributed by atoms with Crippen molar-refractivity contribution in [3.8, 4) is 0 Å². The summed E-state index contributed by atoms with van der Waals surface area (Å²) in [5, 5.41) is 5.00. The minimum absolute atomic E-state index is 0.0831. The van der Waals surface area contributed by atoms with Gasteiger partial charge in [-0.1, -0.05) is 88.9 Å². The Bertz CT molecular complexity index is 1220. The summed E-state index contributed by atoms with van der Waals surface area (Å²) in [6.45, 7) is 5.81. The Morgan fingerprint density at radius 2 is 1.34 bits per heavy atom. The Hall–Kier alpha value is -1.89. The van der Waals surface area contributed by atoms with Crippen LogP contribution in [0.4, 0.5) is 0 Å². The highest BCUT2D eigenvalue weighted by Gasteiger charge is 2.33. The maximum atomic E-state index is 13.8. The minimum Gasteiger partial charge on any atom is -0.350 e. The van der Waals surface area contributed by atoms with E-state index < -0.39 is 11.6 Å². The fraction of sp³-hybridized carbons (Fsp3) is 0.310. The van der Waals surface area contributed by atoms with Crippen molar-refractivity contribution in [2.24, 2.45) is 0 Å². The van der Waals surface area contributed by atoms with Crippen LogP contribution < -0.4 is 5.32 Å². The quantitative estimate of drug-likeness (QED) is 0.252. The first-order chi connectivity index (χ1) is 18.0. The van der Waals surface area contributed by atoms with Crippen LogP contribution in [0.25, 0.3) is 0 Å². The second-order valence-corrected chi connectivity index (χ2v) is 12.5. The molecular weight excluding hydrogens is 582 g/mol. The third kappa shape index (κ3) is 8.82. The first-order valence-corrected chi connectivity index (χ1v) is 14.7. The lowest BCUT2D eigenvalue weighted by Crippen LogP contribution is -2.54. The lowest BCUT2D eigenvalue weighted by atomic mass is 10.0. The molecule has 0 heterocycles. The molecule has 0 aliphatic carbocycles. The van der Waals surface area contributed by atoms with Crippen molar-refractivity contribution in [3.05, 3.63) is 104 Å². The van der Waals surface area contributed by atoms with E-state index in [0.29, 0.717) is 37.8 Å². The highest BCUT2D eigenvalue weighted by atomic mass is 35.5. The number of rotatable bonds is 10. The molecule has 202 valence electrons. The Balaban J connectivity index is 1.94. The summed E-state index contributed by atoms with van der Waals surface area (Å²) in [5.74, 6) is 0.0800. The zero-order valence-electron chi connectivity index (χ0n) is 21.4. The summed E-state index contributed by atoms with van der Waals surface area (Å²) in [6.07, 6.45) is 0.331. The molecule has 1 N–H and O–H groups in total. The van der Waals surface area contributed by atoms with Crippen molar-refractivity contribution in [2.75, 3.05) is 5.75 Å². The van der Waals surface area contributed by atoms with Crippen molar-refractivity contribution >= 4 is 70.0 Å². The molecule has 38 heavy (non-hydrogen) atoms. The van der Waals surface area contributed by atoms with Crippen LogP contribution >= 0.6 is 58.2 Å². The van der Waals surface area contributed by atoms with Crippen LogP contribution in [0.2, 0.25) is 20.1 Å². The second-order valence-electron chi connectivity index (χ2n) is 9.86. The molecule has 4 nitrogen and oxygen atoms in total. The van der Waals surface area contributed by atoms with Crippen molar-refractivity contribution in [1.29, 1.82) is 0 Å². The molecule has 9 heteroatoms. The van der Waals surface area contributed by atoms with Crippen molar-refractivity contribution in [2.45, 2.75) is 51.1 Å². The number of halogens is 4. The fourth-order valence-electron chi connectivity index (χ4n) is 3.85. The van der Waals surface area contributed by atoms with Gasteiger partial charge in [0.2, 0.25) is 11.8 Å². The SMILES string of the molecule is CC(C)(C)NC(=O)[C@@H](Cc1ccccc1)N(Cc1c(Cl)cccc1Cl)C(=O)CSCc1c(Cl)cccc1Cl. The van der Waals surface area contributed by atoms with Gasteiger partial charge in [0, 0.05) is 49.9 Å². The lowest BCUT2D eigenvalue weighted by Gasteiger charge is -2.34. The number of carbonyl (C=O) groups is 2. The molecule has 0 aromatic heterocycles. The predicted octanol–water partition coefficient (Wildman–Crippen LogP) is 8.09. The topological polar surface area (TPSA) is 49.4 Å². The second kappa shape index (κ2) is 14.0. The Morgan fingerprint density at radius 1 is 0.816 bits per heavy atom. The highest BCUT2D eigenvalue weighted by Crippen LogP contribution is 2.30. The van der Waals surface area contributed by atoms with E-state index in [1.54, 1.807) is 41.3 Å². The molecule has 0 saturated carbocycles. The van der Waals surface area contributed by atoms with Gasteiger partial charge < -0.3 is 10.2 Å². The van der Waals surface area contributed by atoms with Gasteiger partial charge >= 0.3 is 0 Å². The number of thioether (sulfide) groups is 1. The summed E-state index contributed by atoms with van der Waals surface area (Å²) >= 11 is 27.0. The third-order valence-corrected chi connectivity index (χ3v) is 8.05. The van der Waals surface area contributed by atoms with Gasteiger partial charge in [-0.15, -0.1) is 11.8 Å². The fourth-order valence-corrected chi connectivity index (χ4v) is 6.02. The summed E-state index contributed by atoms with van der Waals surface area (Å²) in [6, 6.07) is 19.3. The number of amides is 2. The Morgan fingerprint density at radius 3 is 1.87 bits per heavy atom. The molecule has 3 aromatic rings. The van der Waals surface area contributed by atoms with Gasteiger partial charge in [0.05, 0.1) is 5.75 Å². The van der Waals surface area contributed by atoms with Gasteiger partial charge in [-0.2, -0.15) is 0 Å². The maximum absolute atomic E-state index is 13.8. The molecule has 0 spiro atoms. The summed E-state index contributed by atoms with van der Waals surface area (Å²) < 4.78 is 0. The largest absolute Gasteiger partial charge is 0.350 e. The van der Waals surface area contributed by atoms with E-state index in [0.717, 1.165) is 11.1 Å². The molecule has 0 unspecified atom stereocenters. The van der Waals surface area contributed by atoms with Crippen LogP contribution in [0, 0.1) is 0 Å². The van der Waals surface area contributed by atoms with Crippen molar-refractivity contribution < 1.29 is 9.59 Å². The summed E-state index contributed by atoms with van der Waals surface area (Å²) in [4.78, 5) is 29.0. The maximum Gasteiger partial charge on any atom is 0.243 e. The molecule has 0 aliphatic heterocycles. The number of nitrogens with one attached hydrogen (secondary N) is 1. The van der Waals surface area contributed by atoms with E-state index in [2.05, 4.69) is 5.32 Å². The Kier molecular flexibility index (Phi) is 11.3. The van der Waals surface area contributed by atoms with Crippen LogP contribution in [-0.4, -0.2) is 34.0 Å². The lowest BCUT2D eigenvalue weighted by molar-refractivity contribution is -0.140. The van der Waals surface area contributed by atoms with E-state index in [1.165, 1.54) is 11.8 Å². The monoisotopic (exact) mass is 610 g/mol. The molecule has 0 aliphatic rings. The third-order valence-electron chi connectivity index (χ3n) is 5.69. The van der Waals surface area contributed by atoms with Crippen molar-refractivity contribution in [3.63, 3.8) is 0 Å². The average molecular weight is 612 g/mol. The standard InChI is InChI=1S/C29H30Cl4N2O2S/c1-29(2,3)34-28(37)26(15-19-9-5-4-6-10-19)35(16-20-22(30)11-7-12-23(20)31)27(36)18-38-17-21-24(32)13-8-14-25(21)33/h4-14,26H,15-18H2,1-3H3,(H,34,37)/t26-/m1/s1. The zero-order chi connectivity index (χ0) is 27.9. The van der Waals surface area contributed by atoms with E-state index in [9.17, 15) is 9.59 Å². The number of benzene rings is 3. The molecular formula is C29H30Cl4N2O2S. The first kappa shape index (κ1) is 30.6. The molecule has 3 aromatic carbocycles. The molecule has 0 fully saturated rings. The number of hydrogen-bond acceptors (Lipinski definition) is 3. The van der Waals surface area contributed by atoms with E-state index in [4.69, 9.17) is 46.4 Å². The van der Waals surface area contributed by atoms with Gasteiger partial charge in [-0.05, 0) is 56.2 Å². The highest BCUT2D eigenvalue weighted by molar-refractivity contribution is 7.99. The first-order valence-electron chi connectivity index (χ1n) is 12.0. The number of nitrogens with zero attached hydrogens (tertiary/aromatic N) is 1. The number of hydrogen-bond donors (Lipinski definition) is 1. The van der Waals surface area contributed by atoms with Gasteiger partial charge in [-0.25, -0.2) is 0 Å². The van der Waals surface area contributed by atoms with E-state index >= 15 is 0 Å². The van der Waals surface area contributed by atoms with Crippen molar-refractivity contribution in [1.82, 2.24) is 10.2 Å². The summed E-state index contributed by atoms with van der Waals surface area (Å²) in [7, 11) is 0. The molecule has 2 amide bonds. The molecule has 0 bridgehead atoms. The normalized spacial score (nSPS) is 12.2. The van der Waals surface area contributed by atoms with E-state index in [-0.39, 0.29) is 24.1 Å². The zero-order valence-corrected chi connectivity index (χ0v) is 25.3. The molecule has 0 radical (unpaired) electrons. The molecule has 1 atom stereocenters. The Labute approximate surface area is 249 Å². The van der Waals surface area contributed by atoms with Gasteiger partial charge in [0.1, 0.15) is 6.04 Å². The minimum atomic E-state index is -0.791. The van der Waals surface area contributed by atoms with Crippen LogP contribution in [0.1, 0.15) is 37.5 Å². The smallest absolute Gasteiger partial charge is 0.243 e. The van der Waals surface area contributed by atoms with Gasteiger partial charge in [-0.3, -0.25) is 9.59 Å². The average Bonchev–Trinajstić information content (AvgIpc) is 2.84. The van der Waals surface area contributed by atoms with Crippen LogP contribution in [-0.2, 0) is 28.3 Å². The molecule has 3 rings (SSSR count). The molecule has 0 saturated heterocycles. The van der Waals surface area contributed by atoms with Crippen LogP contribution in [0.3, 0.4) is 0 Å². The van der Waals surface area contributed by atoms with Crippen LogP contribution in [0.5, 0.6) is 0 Å². The predicted molar refractivity (Wildman–Crippen MR) is 161 cm³/mol. The van der Waals surface area contributed by atoms with E-state index in [1.807, 2.05) is 51.1 Å². The van der Waals surface area contributed by atoms with Gasteiger partial charge in [0.25, 0.3) is 0 Å². The van der Waals surface area contributed by atoms with Crippen LogP contribution in [0.15, 0.2) is 66.7 Å². The number of carbonyl (C=O) groups excluding carboxylic acids is 2. The summed E-state index contributed by atoms with van der Waals surface area (Å²) in [5.41, 5.74) is 1.80.